The Kier molecular flexibility index (Phi) is 14.6. The van der Waals surface area contributed by atoms with Crippen molar-refractivity contribution in [2.45, 2.75) is 49.1 Å². The minimum atomic E-state index is -1.99. The van der Waals surface area contributed by atoms with Crippen molar-refractivity contribution in [1.82, 2.24) is 5.32 Å². The molecular weight excluding hydrogens is 421 g/mol. The Morgan fingerprint density at radius 1 is 1.27 bits per heavy atom. The molecule has 1 rings (SSSR count). The van der Waals surface area contributed by atoms with Gasteiger partial charge in [-0.05, 0) is 0 Å². The van der Waals surface area contributed by atoms with Crippen molar-refractivity contribution >= 4 is 24.8 Å². The SMILES string of the molecule is COC(C=O)C(OC(C=O)OC1C(O)C(CO)OC(OC)C1NCC=O)C(=O)[O-].[Na+]. The van der Waals surface area contributed by atoms with E-state index in [0.29, 0.717) is 6.29 Å². The van der Waals surface area contributed by atoms with E-state index in [1.807, 2.05) is 0 Å². The van der Waals surface area contributed by atoms with Crippen LogP contribution in [0, 0.1) is 0 Å². The van der Waals surface area contributed by atoms with Gasteiger partial charge in [0.05, 0.1) is 25.2 Å². The second kappa shape index (κ2) is 15.0. The number of carboxylic acid groups (broad SMARTS) is 1. The Morgan fingerprint density at radius 2 is 1.93 bits per heavy atom. The molecule has 0 aromatic rings. The summed E-state index contributed by atoms with van der Waals surface area (Å²) in [6.45, 7) is -0.831. The summed E-state index contributed by atoms with van der Waals surface area (Å²) in [5.41, 5.74) is 0. The van der Waals surface area contributed by atoms with E-state index in [-0.39, 0.29) is 48.7 Å². The predicted octanol–water partition coefficient (Wildman–Crippen LogP) is -7.87. The minimum Gasteiger partial charge on any atom is -0.547 e. The number of aliphatic hydroxyl groups is 2. The van der Waals surface area contributed by atoms with Crippen molar-refractivity contribution in [3.8, 4) is 0 Å². The first-order valence-corrected chi connectivity index (χ1v) is 8.47. The molecule has 0 radical (unpaired) electrons. The Labute approximate surface area is 194 Å². The van der Waals surface area contributed by atoms with Gasteiger partial charge in [0.15, 0.2) is 18.9 Å². The molecule has 0 aromatic carbocycles. The van der Waals surface area contributed by atoms with Crippen LogP contribution < -0.4 is 40.0 Å². The Hall–Kier alpha value is -0.840. The fraction of sp³-hybridized carbons (Fsp3) is 0.750. The molecule has 1 fully saturated rings. The first kappa shape index (κ1) is 29.2. The maximum atomic E-state index is 11.4. The summed E-state index contributed by atoms with van der Waals surface area (Å²) in [4.78, 5) is 44.3. The van der Waals surface area contributed by atoms with Crippen molar-refractivity contribution in [2.24, 2.45) is 0 Å². The molecule has 8 unspecified atom stereocenters. The maximum Gasteiger partial charge on any atom is 1.00 e. The van der Waals surface area contributed by atoms with E-state index >= 15 is 0 Å². The zero-order valence-corrected chi connectivity index (χ0v) is 18.7. The van der Waals surface area contributed by atoms with Gasteiger partial charge in [-0.2, -0.15) is 0 Å². The summed E-state index contributed by atoms with van der Waals surface area (Å²) in [5.74, 6) is -1.84. The first-order chi connectivity index (χ1) is 13.9. The molecule has 1 heterocycles. The second-order valence-electron chi connectivity index (χ2n) is 5.87. The van der Waals surface area contributed by atoms with E-state index < -0.39 is 61.7 Å². The van der Waals surface area contributed by atoms with E-state index in [2.05, 4.69) is 10.1 Å². The Bertz CT molecular complexity index is 552. The molecule has 1 aliphatic rings. The molecule has 13 nitrogen and oxygen atoms in total. The number of aliphatic carboxylic acids is 1. The third-order valence-corrected chi connectivity index (χ3v) is 4.14. The third-order valence-electron chi connectivity index (χ3n) is 4.14. The first-order valence-electron chi connectivity index (χ1n) is 8.47. The third kappa shape index (κ3) is 7.69. The zero-order valence-electron chi connectivity index (χ0n) is 16.7. The average molecular weight is 445 g/mol. The summed E-state index contributed by atoms with van der Waals surface area (Å²) in [6.07, 6.45) is -9.87. The summed E-state index contributed by atoms with van der Waals surface area (Å²) in [5, 5.41) is 33.7. The van der Waals surface area contributed by atoms with Gasteiger partial charge in [0.2, 0.25) is 6.29 Å². The van der Waals surface area contributed by atoms with Gasteiger partial charge in [-0.1, -0.05) is 0 Å². The molecular formula is C16H24NNaO12. The molecule has 3 N–H and O–H groups in total. The quantitative estimate of drug-likeness (QED) is 0.130. The van der Waals surface area contributed by atoms with Crippen molar-refractivity contribution in [3.05, 3.63) is 0 Å². The molecule has 8 atom stereocenters. The number of ether oxygens (including phenoxy) is 5. The molecule has 30 heavy (non-hydrogen) atoms. The molecule has 1 aliphatic heterocycles. The number of methoxy groups -OCH3 is 2. The maximum absolute atomic E-state index is 11.4. The summed E-state index contributed by atoms with van der Waals surface area (Å²) >= 11 is 0. The average Bonchev–Trinajstić information content (AvgIpc) is 2.72. The smallest absolute Gasteiger partial charge is 0.547 e. The van der Waals surface area contributed by atoms with Crippen LogP contribution in [-0.2, 0) is 42.9 Å². The molecule has 1 saturated heterocycles. The molecule has 0 aliphatic carbocycles. The monoisotopic (exact) mass is 445 g/mol. The van der Waals surface area contributed by atoms with Gasteiger partial charge < -0.3 is 58.7 Å². The topological polar surface area (TPSA) is 190 Å². The number of carboxylic acids is 1. The number of hydrogen-bond acceptors (Lipinski definition) is 13. The van der Waals surface area contributed by atoms with Gasteiger partial charge in [0, 0.05) is 14.2 Å². The number of nitrogens with one attached hydrogen (secondary N) is 1. The van der Waals surface area contributed by atoms with Gasteiger partial charge in [-0.3, -0.25) is 4.79 Å². The van der Waals surface area contributed by atoms with Crippen LogP contribution in [0.4, 0.5) is 0 Å². The van der Waals surface area contributed by atoms with Crippen molar-refractivity contribution in [2.75, 3.05) is 27.4 Å². The van der Waals surface area contributed by atoms with Crippen LogP contribution >= 0.6 is 0 Å². The largest absolute Gasteiger partial charge is 1.00 e. The van der Waals surface area contributed by atoms with Crippen LogP contribution in [0.1, 0.15) is 0 Å². The fourth-order valence-electron chi connectivity index (χ4n) is 2.74. The van der Waals surface area contributed by atoms with Crippen LogP contribution in [0.5, 0.6) is 0 Å². The summed E-state index contributed by atoms with van der Waals surface area (Å²) in [6, 6.07) is -1.01. The molecule has 0 saturated carbocycles. The predicted molar refractivity (Wildman–Crippen MR) is 88.1 cm³/mol. The fourth-order valence-corrected chi connectivity index (χ4v) is 2.74. The van der Waals surface area contributed by atoms with Crippen LogP contribution in [0.15, 0.2) is 0 Å². The molecule has 166 valence electrons. The van der Waals surface area contributed by atoms with Gasteiger partial charge in [0.25, 0.3) is 0 Å². The van der Waals surface area contributed by atoms with Gasteiger partial charge >= 0.3 is 29.6 Å². The number of hydrogen-bond donors (Lipinski definition) is 3. The molecule has 0 amide bonds. The van der Waals surface area contributed by atoms with E-state index in [1.165, 1.54) is 7.11 Å². The van der Waals surface area contributed by atoms with Crippen molar-refractivity contribution in [3.63, 3.8) is 0 Å². The number of carbonyl (C=O) groups excluding carboxylic acids is 4. The van der Waals surface area contributed by atoms with Crippen molar-refractivity contribution < 1.29 is 87.7 Å². The molecule has 0 bridgehead atoms. The van der Waals surface area contributed by atoms with E-state index in [0.717, 1.165) is 7.11 Å². The van der Waals surface area contributed by atoms with Gasteiger partial charge in [0.1, 0.15) is 36.8 Å². The van der Waals surface area contributed by atoms with E-state index in [9.17, 15) is 34.5 Å². The van der Waals surface area contributed by atoms with Crippen LogP contribution in [0.2, 0.25) is 0 Å². The molecule has 0 spiro atoms. The van der Waals surface area contributed by atoms with Crippen LogP contribution in [-0.4, -0.2) is 112 Å². The van der Waals surface area contributed by atoms with Gasteiger partial charge in [-0.25, -0.2) is 0 Å². The van der Waals surface area contributed by atoms with E-state index in [4.69, 9.17) is 18.9 Å². The number of aldehydes is 3. The molecule has 14 heteroatoms. The van der Waals surface area contributed by atoms with E-state index in [1.54, 1.807) is 0 Å². The van der Waals surface area contributed by atoms with Crippen LogP contribution in [0.3, 0.4) is 0 Å². The minimum absolute atomic E-state index is 0. The second-order valence-corrected chi connectivity index (χ2v) is 5.87. The molecule has 0 aromatic heterocycles. The normalized spacial score (nSPS) is 29.1. The van der Waals surface area contributed by atoms with Crippen molar-refractivity contribution in [1.29, 1.82) is 0 Å². The van der Waals surface area contributed by atoms with Crippen LogP contribution in [0.25, 0.3) is 0 Å². The number of rotatable bonds is 14. The Morgan fingerprint density at radius 3 is 2.37 bits per heavy atom. The number of carbonyl (C=O) groups is 4. The standard InChI is InChI=1S/C16H25NO12.Na/c1-25-9(6-20)13(15(23)24)28-10(7-21)29-14-11(17-3-4-18)16(26-2)27-8(5-19)12(14)22;/h4,6-14,16-17,19,22H,3,5H2,1-2H3,(H,23,24);/q;+1/p-1. The number of aliphatic hydroxyl groups excluding tert-OH is 2. The summed E-state index contributed by atoms with van der Waals surface area (Å²) in [7, 11) is 2.31. The van der Waals surface area contributed by atoms with Gasteiger partial charge in [-0.15, -0.1) is 0 Å². The summed E-state index contributed by atoms with van der Waals surface area (Å²) < 4.78 is 25.5. The Balaban J connectivity index is 0.00000841. The zero-order chi connectivity index (χ0) is 22.0.